The topological polar surface area (TPSA) is 38.9 Å². The van der Waals surface area contributed by atoms with Crippen LogP contribution in [0.5, 0.6) is 0 Å². The first kappa shape index (κ1) is 9.23. The van der Waals surface area contributed by atoms with Gasteiger partial charge in [-0.3, -0.25) is 0 Å². The molecule has 0 saturated heterocycles. The highest BCUT2D eigenvalue weighted by atomic mass is 79.9. The van der Waals surface area contributed by atoms with Crippen molar-refractivity contribution in [2.75, 3.05) is 0 Å². The minimum atomic E-state index is 0.638. The van der Waals surface area contributed by atoms with E-state index in [-0.39, 0.29) is 0 Å². The van der Waals surface area contributed by atoms with Crippen LogP contribution in [0, 0.1) is 6.92 Å². The number of halogens is 1. The Hall–Kier alpha value is -0.330. The lowest BCUT2D eigenvalue weighted by Crippen LogP contribution is -1.72. The van der Waals surface area contributed by atoms with Gasteiger partial charge in [-0.2, -0.15) is 0 Å². The van der Waals surface area contributed by atoms with E-state index in [0.717, 1.165) is 14.6 Å². The van der Waals surface area contributed by atoms with E-state index in [1.165, 1.54) is 11.8 Å². The molecule has 2 heterocycles. The van der Waals surface area contributed by atoms with Crippen LogP contribution < -0.4 is 0 Å². The second kappa shape index (κ2) is 3.81. The van der Waals surface area contributed by atoms with E-state index in [1.54, 1.807) is 17.6 Å². The number of hydrogen-bond acceptors (Lipinski definition) is 5. The van der Waals surface area contributed by atoms with Crippen molar-refractivity contribution in [1.29, 1.82) is 0 Å². The molecule has 0 unspecified atom stereocenters. The summed E-state index contributed by atoms with van der Waals surface area (Å²) in [4.78, 5) is 8.38. The van der Waals surface area contributed by atoms with Crippen molar-refractivity contribution < 1.29 is 4.42 Å². The molecule has 0 amide bonds. The van der Waals surface area contributed by atoms with Crippen LogP contribution in [0.4, 0.5) is 0 Å². The first-order valence-electron chi connectivity index (χ1n) is 3.45. The molecule has 13 heavy (non-hydrogen) atoms. The van der Waals surface area contributed by atoms with Gasteiger partial charge in [0.05, 0.1) is 5.69 Å². The van der Waals surface area contributed by atoms with Crippen LogP contribution in [-0.2, 0) is 0 Å². The average molecular weight is 277 g/mol. The highest BCUT2D eigenvalue weighted by molar-refractivity contribution is 9.10. The van der Waals surface area contributed by atoms with Crippen LogP contribution in [0.1, 0.15) is 5.69 Å². The van der Waals surface area contributed by atoms with Crippen molar-refractivity contribution in [2.24, 2.45) is 0 Å². The summed E-state index contributed by atoms with van der Waals surface area (Å²) < 4.78 is 6.96. The van der Waals surface area contributed by atoms with Crippen LogP contribution in [0.3, 0.4) is 0 Å². The highest BCUT2D eigenvalue weighted by Crippen LogP contribution is 2.30. The largest absolute Gasteiger partial charge is 0.439 e. The maximum absolute atomic E-state index is 5.18. The Morgan fingerprint density at radius 2 is 2.38 bits per heavy atom. The molecule has 0 N–H and O–H groups in total. The number of nitrogens with zero attached hydrogens (tertiary/aromatic N) is 2. The summed E-state index contributed by atoms with van der Waals surface area (Å²) >= 11 is 6.27. The Morgan fingerprint density at radius 1 is 1.54 bits per heavy atom. The summed E-state index contributed by atoms with van der Waals surface area (Å²) in [5, 5.41) is 2.57. The SMILES string of the molecule is Cc1coc(Sc2nc(Br)cs2)n1. The van der Waals surface area contributed by atoms with Gasteiger partial charge < -0.3 is 4.42 Å². The van der Waals surface area contributed by atoms with Crippen molar-refractivity contribution in [1.82, 2.24) is 9.97 Å². The molecule has 6 heteroatoms. The van der Waals surface area contributed by atoms with Crippen LogP contribution in [0.15, 0.2) is 30.2 Å². The van der Waals surface area contributed by atoms with Crippen LogP contribution >= 0.6 is 39.0 Å². The number of hydrogen-bond donors (Lipinski definition) is 0. The third-order valence-corrected chi connectivity index (χ3v) is 3.74. The van der Waals surface area contributed by atoms with E-state index in [2.05, 4.69) is 25.9 Å². The third kappa shape index (κ3) is 2.32. The van der Waals surface area contributed by atoms with Crippen LogP contribution in [0.25, 0.3) is 0 Å². The zero-order valence-corrected chi connectivity index (χ0v) is 9.87. The lowest BCUT2D eigenvalue weighted by molar-refractivity contribution is 0.454. The molecule has 2 aromatic rings. The zero-order valence-electron chi connectivity index (χ0n) is 6.65. The fourth-order valence-corrected chi connectivity index (χ4v) is 2.96. The predicted octanol–water partition coefficient (Wildman–Crippen LogP) is 3.35. The van der Waals surface area contributed by atoms with E-state index in [0.29, 0.717) is 5.22 Å². The summed E-state index contributed by atoms with van der Waals surface area (Å²) in [6.45, 7) is 1.89. The predicted molar refractivity (Wildman–Crippen MR) is 55.2 cm³/mol. The van der Waals surface area contributed by atoms with Gasteiger partial charge in [0.1, 0.15) is 10.9 Å². The number of oxazole rings is 1. The highest BCUT2D eigenvalue weighted by Gasteiger charge is 2.06. The Kier molecular flexibility index (Phi) is 2.71. The van der Waals surface area contributed by atoms with Crippen LogP contribution in [-0.4, -0.2) is 9.97 Å². The van der Waals surface area contributed by atoms with Gasteiger partial charge in [0.2, 0.25) is 0 Å². The number of thiazole rings is 1. The molecule has 0 aliphatic heterocycles. The molecule has 0 saturated carbocycles. The van der Waals surface area contributed by atoms with Gasteiger partial charge in [0, 0.05) is 17.1 Å². The minimum Gasteiger partial charge on any atom is -0.439 e. The van der Waals surface area contributed by atoms with Gasteiger partial charge in [-0.05, 0) is 22.9 Å². The Morgan fingerprint density at radius 3 is 2.92 bits per heavy atom. The van der Waals surface area contributed by atoms with Crippen molar-refractivity contribution in [2.45, 2.75) is 16.5 Å². The molecule has 0 aromatic carbocycles. The lowest BCUT2D eigenvalue weighted by Gasteiger charge is -1.86. The van der Waals surface area contributed by atoms with Gasteiger partial charge in [-0.1, -0.05) is 0 Å². The quantitative estimate of drug-likeness (QED) is 0.843. The summed E-state index contributed by atoms with van der Waals surface area (Å²) in [6.07, 6.45) is 1.63. The maximum Gasteiger partial charge on any atom is 0.263 e. The average Bonchev–Trinajstić information content (AvgIpc) is 2.62. The third-order valence-electron chi connectivity index (χ3n) is 1.23. The summed E-state index contributed by atoms with van der Waals surface area (Å²) in [6, 6.07) is 0. The minimum absolute atomic E-state index is 0.638. The lowest BCUT2D eigenvalue weighted by atomic mass is 10.6. The second-order valence-electron chi connectivity index (χ2n) is 2.29. The molecule has 68 valence electrons. The van der Waals surface area contributed by atoms with Crippen molar-refractivity contribution in [3.63, 3.8) is 0 Å². The fraction of sp³-hybridized carbons (Fsp3) is 0.143. The van der Waals surface area contributed by atoms with E-state index in [1.807, 2.05) is 12.3 Å². The van der Waals surface area contributed by atoms with E-state index in [4.69, 9.17) is 4.42 Å². The van der Waals surface area contributed by atoms with Gasteiger partial charge in [0.25, 0.3) is 5.22 Å². The monoisotopic (exact) mass is 276 g/mol. The molecule has 3 nitrogen and oxygen atoms in total. The van der Waals surface area contributed by atoms with Crippen molar-refractivity contribution >= 4 is 39.0 Å². The Balaban J connectivity index is 2.14. The van der Waals surface area contributed by atoms with Gasteiger partial charge >= 0.3 is 0 Å². The number of aromatic nitrogens is 2. The van der Waals surface area contributed by atoms with E-state index < -0.39 is 0 Å². The molecule has 0 atom stereocenters. The Bertz CT molecular complexity index is 374. The van der Waals surface area contributed by atoms with Gasteiger partial charge in [0.15, 0.2) is 4.34 Å². The molecule has 0 aliphatic rings. The zero-order chi connectivity index (χ0) is 9.26. The van der Waals surface area contributed by atoms with E-state index >= 15 is 0 Å². The standard InChI is InChI=1S/C7H5BrN2OS2/c1-4-2-11-6(9-4)13-7-10-5(8)3-12-7/h2-3H,1H3. The van der Waals surface area contributed by atoms with Gasteiger partial charge in [-0.15, -0.1) is 11.3 Å². The number of rotatable bonds is 2. The van der Waals surface area contributed by atoms with Crippen molar-refractivity contribution in [3.05, 3.63) is 21.9 Å². The molecule has 2 rings (SSSR count). The van der Waals surface area contributed by atoms with Crippen LogP contribution in [0.2, 0.25) is 0 Å². The molecule has 0 aliphatic carbocycles. The molecule has 0 radical (unpaired) electrons. The second-order valence-corrected chi connectivity index (χ2v) is 5.16. The normalized spacial score (nSPS) is 10.6. The molecular weight excluding hydrogens is 272 g/mol. The summed E-state index contributed by atoms with van der Waals surface area (Å²) in [7, 11) is 0. The van der Waals surface area contributed by atoms with Crippen molar-refractivity contribution in [3.8, 4) is 0 Å². The molecule has 0 fully saturated rings. The smallest absolute Gasteiger partial charge is 0.263 e. The molecule has 0 spiro atoms. The Labute approximate surface area is 91.7 Å². The fourth-order valence-electron chi connectivity index (χ4n) is 0.740. The number of aryl methyl sites for hydroxylation is 1. The first-order chi connectivity index (χ1) is 6.24. The summed E-state index contributed by atoms with van der Waals surface area (Å²) in [5.74, 6) is 0. The summed E-state index contributed by atoms with van der Waals surface area (Å²) in [5.41, 5.74) is 0.887. The molecule has 2 aromatic heterocycles. The van der Waals surface area contributed by atoms with E-state index in [9.17, 15) is 0 Å². The van der Waals surface area contributed by atoms with Gasteiger partial charge in [-0.25, -0.2) is 9.97 Å². The molecular formula is C7H5BrN2OS2. The maximum atomic E-state index is 5.18. The first-order valence-corrected chi connectivity index (χ1v) is 5.94. The molecule has 0 bridgehead atoms.